The van der Waals surface area contributed by atoms with E-state index in [9.17, 15) is 22.8 Å². The Labute approximate surface area is 118 Å². The van der Waals surface area contributed by atoms with Crippen LogP contribution in [0.1, 0.15) is 36.0 Å². The average Bonchev–Trinajstić information content (AvgIpc) is 2.83. The molecule has 4 nitrogen and oxygen atoms in total. The normalized spacial score (nSPS) is 13.6. The van der Waals surface area contributed by atoms with Crippen LogP contribution in [0, 0.1) is 13.8 Å². The second kappa shape index (κ2) is 5.38. The monoisotopic (exact) mass is 301 g/mol. The first-order chi connectivity index (χ1) is 9.69. The van der Waals surface area contributed by atoms with E-state index in [-0.39, 0.29) is 17.7 Å². The van der Waals surface area contributed by atoms with Crippen LogP contribution < -0.4 is 16.2 Å². The molecule has 2 rings (SSSR count). The van der Waals surface area contributed by atoms with Gasteiger partial charge in [-0.25, -0.2) is 0 Å². The van der Waals surface area contributed by atoms with Crippen LogP contribution in [0.25, 0.3) is 0 Å². The highest BCUT2D eigenvalue weighted by Crippen LogP contribution is 2.30. The second-order valence-corrected chi connectivity index (χ2v) is 4.96. The topological polar surface area (TPSA) is 59.3 Å². The molecule has 0 radical (unpaired) electrons. The van der Waals surface area contributed by atoms with Gasteiger partial charge in [-0.1, -0.05) is 0 Å². The van der Waals surface area contributed by atoms with Gasteiger partial charge in [-0.2, -0.15) is 13.2 Å². The zero-order valence-corrected chi connectivity index (χ0v) is 11.5. The molecule has 0 spiro atoms. The number of hydrogen-bond donors (Lipinski definition) is 1. The fraction of sp³-hybridized carbons (Fsp3) is 0.429. The minimum atomic E-state index is -4.30. The molecule has 0 aliphatic carbocycles. The third kappa shape index (κ3) is 3.34. The average molecular weight is 301 g/mol. The van der Waals surface area contributed by atoms with E-state index in [0.717, 1.165) is 0 Å². The molecule has 1 heterocycles. The zero-order valence-electron chi connectivity index (χ0n) is 11.5. The van der Waals surface area contributed by atoms with Crippen LogP contribution in [0.4, 0.5) is 18.9 Å². The molecule has 0 fully saturated rings. The van der Waals surface area contributed by atoms with E-state index < -0.39 is 29.5 Å². The van der Waals surface area contributed by atoms with Crippen molar-refractivity contribution in [3.63, 3.8) is 0 Å². The summed E-state index contributed by atoms with van der Waals surface area (Å²) in [5, 5.41) is 2.70. The molecule has 0 saturated heterocycles. The van der Waals surface area contributed by atoms with Gasteiger partial charge >= 0.3 is 6.18 Å². The predicted octanol–water partition coefficient (Wildman–Crippen LogP) is 2.99. The van der Waals surface area contributed by atoms with E-state index in [1.807, 2.05) is 0 Å². The van der Waals surface area contributed by atoms with Crippen molar-refractivity contribution < 1.29 is 17.6 Å². The van der Waals surface area contributed by atoms with Gasteiger partial charge < -0.3 is 9.73 Å². The molecular weight excluding hydrogens is 287 g/mol. The van der Waals surface area contributed by atoms with Crippen molar-refractivity contribution >= 4 is 5.69 Å². The molecule has 0 saturated carbocycles. The lowest BCUT2D eigenvalue weighted by molar-refractivity contribution is -0.136. The van der Waals surface area contributed by atoms with Crippen molar-refractivity contribution in [3.05, 3.63) is 49.7 Å². The second-order valence-electron chi connectivity index (χ2n) is 4.96. The standard InChI is InChI=1S/C14H14F3NO3/c1-7-3-4-10(21-7)9(5-6-14(15,16)17)18-11-8(2)12(19)13(11)20/h3-4,9,18H,5-6H2,1-2H3. The van der Waals surface area contributed by atoms with Crippen LogP contribution in [-0.4, -0.2) is 6.18 Å². The SMILES string of the molecule is Cc1ccc(C(CCC(F)(F)F)Nc2c(C)c(=O)c2=O)o1. The molecule has 2 aromatic rings. The lowest BCUT2D eigenvalue weighted by Crippen LogP contribution is -2.37. The molecule has 7 heteroatoms. The highest BCUT2D eigenvalue weighted by molar-refractivity contribution is 5.56. The summed E-state index contributed by atoms with van der Waals surface area (Å²) in [6.45, 7) is 3.13. The number of alkyl halides is 3. The summed E-state index contributed by atoms with van der Waals surface area (Å²) < 4.78 is 42.5. The number of hydrogen-bond acceptors (Lipinski definition) is 4. The number of furan rings is 1. The third-order valence-electron chi connectivity index (χ3n) is 3.29. The molecule has 1 aromatic heterocycles. The molecule has 1 atom stereocenters. The summed E-state index contributed by atoms with van der Waals surface area (Å²) in [7, 11) is 0. The zero-order chi connectivity index (χ0) is 15.8. The molecule has 114 valence electrons. The summed E-state index contributed by atoms with van der Waals surface area (Å²) >= 11 is 0. The van der Waals surface area contributed by atoms with Crippen molar-refractivity contribution in [2.45, 2.75) is 38.9 Å². The molecule has 0 aliphatic heterocycles. The van der Waals surface area contributed by atoms with Crippen molar-refractivity contribution in [2.75, 3.05) is 5.32 Å². The van der Waals surface area contributed by atoms with Gasteiger partial charge in [0.15, 0.2) is 0 Å². The van der Waals surface area contributed by atoms with Crippen LogP contribution in [0.3, 0.4) is 0 Å². The van der Waals surface area contributed by atoms with Crippen LogP contribution in [0.15, 0.2) is 26.1 Å². The Bertz CT molecular complexity index is 708. The maximum Gasteiger partial charge on any atom is 0.389 e. The van der Waals surface area contributed by atoms with Crippen molar-refractivity contribution in [1.82, 2.24) is 0 Å². The predicted molar refractivity (Wildman–Crippen MR) is 71.2 cm³/mol. The Balaban J connectivity index is 2.20. The smallest absolute Gasteiger partial charge is 0.389 e. The number of nitrogens with one attached hydrogen (secondary N) is 1. The first-order valence-electron chi connectivity index (χ1n) is 6.38. The summed E-state index contributed by atoms with van der Waals surface area (Å²) in [6, 6.07) is 2.39. The van der Waals surface area contributed by atoms with Gasteiger partial charge in [0.1, 0.15) is 11.5 Å². The van der Waals surface area contributed by atoms with Gasteiger partial charge in [0.25, 0.3) is 0 Å². The molecule has 0 bridgehead atoms. The summed E-state index contributed by atoms with van der Waals surface area (Å²) in [6.07, 6.45) is -5.60. The van der Waals surface area contributed by atoms with Gasteiger partial charge in [-0.05, 0) is 32.4 Å². The largest absolute Gasteiger partial charge is 0.464 e. The summed E-state index contributed by atoms with van der Waals surface area (Å²) in [5.74, 6) is 0.870. The minimum absolute atomic E-state index is 0.0706. The van der Waals surface area contributed by atoms with Crippen LogP contribution >= 0.6 is 0 Å². The van der Waals surface area contributed by atoms with E-state index in [4.69, 9.17) is 4.42 Å². The fourth-order valence-corrected chi connectivity index (χ4v) is 2.09. The van der Waals surface area contributed by atoms with Crippen molar-refractivity contribution in [1.29, 1.82) is 0 Å². The maximum absolute atomic E-state index is 12.4. The highest BCUT2D eigenvalue weighted by Gasteiger charge is 2.31. The third-order valence-corrected chi connectivity index (χ3v) is 3.29. The molecule has 1 aromatic carbocycles. The molecule has 21 heavy (non-hydrogen) atoms. The summed E-state index contributed by atoms with van der Waals surface area (Å²) in [4.78, 5) is 22.6. The van der Waals surface area contributed by atoms with Crippen LogP contribution in [-0.2, 0) is 0 Å². The van der Waals surface area contributed by atoms with Crippen LogP contribution in [0.5, 0.6) is 0 Å². The quantitative estimate of drug-likeness (QED) is 0.863. The Morgan fingerprint density at radius 2 is 1.86 bits per heavy atom. The first-order valence-corrected chi connectivity index (χ1v) is 6.38. The van der Waals surface area contributed by atoms with Gasteiger partial charge in [-0.15, -0.1) is 0 Å². The number of anilines is 1. The lowest BCUT2D eigenvalue weighted by Gasteiger charge is -2.20. The Hall–Kier alpha value is -2.05. The Morgan fingerprint density at radius 1 is 1.19 bits per heavy atom. The molecule has 0 amide bonds. The summed E-state index contributed by atoms with van der Waals surface area (Å²) in [5.41, 5.74) is -1.00. The first kappa shape index (κ1) is 15.3. The molecule has 1 N–H and O–H groups in total. The molecule has 0 aliphatic rings. The van der Waals surface area contributed by atoms with E-state index in [2.05, 4.69) is 5.32 Å². The number of aryl methyl sites for hydroxylation is 1. The number of halogens is 3. The van der Waals surface area contributed by atoms with Gasteiger partial charge in [0.2, 0.25) is 10.9 Å². The van der Waals surface area contributed by atoms with Gasteiger partial charge in [0.05, 0.1) is 11.7 Å². The van der Waals surface area contributed by atoms with E-state index in [1.165, 1.54) is 6.92 Å². The van der Waals surface area contributed by atoms with E-state index in [1.54, 1.807) is 19.1 Å². The molecule has 1 unspecified atom stereocenters. The Morgan fingerprint density at radius 3 is 2.33 bits per heavy atom. The fourth-order valence-electron chi connectivity index (χ4n) is 2.09. The van der Waals surface area contributed by atoms with Crippen molar-refractivity contribution in [3.8, 4) is 0 Å². The maximum atomic E-state index is 12.4. The Kier molecular flexibility index (Phi) is 3.93. The highest BCUT2D eigenvalue weighted by atomic mass is 19.4. The molecular formula is C14H14F3NO3. The van der Waals surface area contributed by atoms with E-state index >= 15 is 0 Å². The lowest BCUT2D eigenvalue weighted by atomic mass is 10.0. The van der Waals surface area contributed by atoms with Crippen LogP contribution in [0.2, 0.25) is 0 Å². The minimum Gasteiger partial charge on any atom is -0.464 e. The van der Waals surface area contributed by atoms with Crippen molar-refractivity contribution in [2.24, 2.45) is 0 Å². The number of rotatable bonds is 5. The van der Waals surface area contributed by atoms with Gasteiger partial charge in [-0.3, -0.25) is 9.59 Å². The van der Waals surface area contributed by atoms with E-state index in [0.29, 0.717) is 11.5 Å². The van der Waals surface area contributed by atoms with Gasteiger partial charge in [0, 0.05) is 12.0 Å².